The molecule has 2 N–H and O–H groups in total. The van der Waals surface area contributed by atoms with E-state index in [-0.39, 0.29) is 6.09 Å². The van der Waals surface area contributed by atoms with Gasteiger partial charge in [-0.25, -0.2) is 4.79 Å². The fraction of sp³-hybridized carbons (Fsp3) is 0.933. The average Bonchev–Trinajstić information content (AvgIpc) is 2.24. The summed E-state index contributed by atoms with van der Waals surface area (Å²) >= 11 is 0. The molecule has 2 unspecified atom stereocenters. The number of rotatable bonds is 4. The Morgan fingerprint density at radius 1 is 1.37 bits per heavy atom. The lowest BCUT2D eigenvalue weighted by Crippen LogP contribution is -2.43. The van der Waals surface area contributed by atoms with Gasteiger partial charge in [0.2, 0.25) is 0 Å². The van der Waals surface area contributed by atoms with Crippen molar-refractivity contribution in [2.24, 2.45) is 17.8 Å². The van der Waals surface area contributed by atoms with Gasteiger partial charge in [0.25, 0.3) is 0 Å². The van der Waals surface area contributed by atoms with Crippen LogP contribution in [0.1, 0.15) is 47.5 Å². The number of piperidine rings is 1. The minimum Gasteiger partial charge on any atom is -0.444 e. The molecule has 0 saturated carbocycles. The minimum absolute atomic E-state index is 0.297. The first kappa shape index (κ1) is 16.3. The highest BCUT2D eigenvalue weighted by molar-refractivity contribution is 5.67. The number of carbonyl (C=O) groups is 1. The van der Waals surface area contributed by atoms with Crippen molar-refractivity contribution in [3.63, 3.8) is 0 Å². The topological polar surface area (TPSA) is 50.4 Å². The summed E-state index contributed by atoms with van der Waals surface area (Å²) in [4.78, 5) is 11.7. The van der Waals surface area contributed by atoms with Crippen LogP contribution in [0.3, 0.4) is 0 Å². The normalized spacial score (nSPS) is 24.3. The van der Waals surface area contributed by atoms with E-state index in [4.69, 9.17) is 4.74 Å². The maximum absolute atomic E-state index is 11.7. The van der Waals surface area contributed by atoms with Crippen molar-refractivity contribution in [1.29, 1.82) is 0 Å². The van der Waals surface area contributed by atoms with Crippen LogP contribution in [-0.2, 0) is 4.74 Å². The summed E-state index contributed by atoms with van der Waals surface area (Å²) in [5.74, 6) is 1.92. The van der Waals surface area contributed by atoms with Gasteiger partial charge in [-0.15, -0.1) is 0 Å². The van der Waals surface area contributed by atoms with Crippen molar-refractivity contribution in [3.8, 4) is 0 Å². The van der Waals surface area contributed by atoms with Gasteiger partial charge in [0.15, 0.2) is 0 Å². The zero-order valence-electron chi connectivity index (χ0n) is 13.1. The molecule has 1 amide bonds. The molecule has 1 aliphatic heterocycles. The first-order valence-electron chi connectivity index (χ1n) is 7.45. The SMILES string of the molecule is CC(C)CC1CNCCC1CNC(=O)OC(C)(C)C. The van der Waals surface area contributed by atoms with Crippen LogP contribution in [0.5, 0.6) is 0 Å². The second-order valence-corrected chi connectivity index (χ2v) is 7.03. The first-order chi connectivity index (χ1) is 8.78. The lowest BCUT2D eigenvalue weighted by atomic mass is 9.81. The van der Waals surface area contributed by atoms with E-state index < -0.39 is 5.60 Å². The number of hydrogen-bond acceptors (Lipinski definition) is 3. The van der Waals surface area contributed by atoms with Crippen molar-refractivity contribution >= 4 is 6.09 Å². The van der Waals surface area contributed by atoms with Crippen molar-refractivity contribution in [2.75, 3.05) is 19.6 Å². The Hall–Kier alpha value is -0.770. The van der Waals surface area contributed by atoms with Gasteiger partial charge < -0.3 is 15.4 Å². The molecule has 1 saturated heterocycles. The Morgan fingerprint density at radius 3 is 2.63 bits per heavy atom. The molecule has 1 aliphatic rings. The molecule has 19 heavy (non-hydrogen) atoms. The summed E-state index contributed by atoms with van der Waals surface area (Å²) in [5.41, 5.74) is -0.421. The number of hydrogen-bond donors (Lipinski definition) is 2. The molecule has 0 radical (unpaired) electrons. The van der Waals surface area contributed by atoms with Gasteiger partial charge in [-0.3, -0.25) is 0 Å². The van der Waals surface area contributed by atoms with Crippen LogP contribution < -0.4 is 10.6 Å². The largest absolute Gasteiger partial charge is 0.444 e. The van der Waals surface area contributed by atoms with E-state index >= 15 is 0 Å². The van der Waals surface area contributed by atoms with Gasteiger partial charge in [0, 0.05) is 6.54 Å². The molecule has 1 fully saturated rings. The second kappa shape index (κ2) is 7.13. The first-order valence-corrected chi connectivity index (χ1v) is 7.45. The summed E-state index contributed by atoms with van der Waals surface area (Å²) < 4.78 is 5.28. The van der Waals surface area contributed by atoms with Crippen LogP contribution in [0, 0.1) is 17.8 Å². The molecule has 4 heteroatoms. The quantitative estimate of drug-likeness (QED) is 0.826. The van der Waals surface area contributed by atoms with Crippen LogP contribution in [-0.4, -0.2) is 31.3 Å². The molecule has 1 heterocycles. The fourth-order valence-electron chi connectivity index (χ4n) is 2.66. The Morgan fingerprint density at radius 2 is 2.05 bits per heavy atom. The van der Waals surface area contributed by atoms with Crippen LogP contribution in [0.25, 0.3) is 0 Å². The lowest BCUT2D eigenvalue weighted by molar-refractivity contribution is 0.0506. The summed E-state index contributed by atoms with van der Waals surface area (Å²) in [6.45, 7) is 13.0. The molecule has 0 aromatic rings. The summed E-state index contributed by atoms with van der Waals surface area (Å²) in [6.07, 6.45) is 2.05. The van der Waals surface area contributed by atoms with Gasteiger partial charge in [0.05, 0.1) is 0 Å². The number of amides is 1. The van der Waals surface area contributed by atoms with E-state index in [0.29, 0.717) is 17.8 Å². The molecular weight excluding hydrogens is 240 g/mol. The highest BCUT2D eigenvalue weighted by Crippen LogP contribution is 2.25. The maximum Gasteiger partial charge on any atom is 0.407 e. The maximum atomic E-state index is 11.7. The van der Waals surface area contributed by atoms with E-state index in [1.165, 1.54) is 6.42 Å². The molecule has 0 aromatic heterocycles. The predicted molar refractivity (Wildman–Crippen MR) is 78.2 cm³/mol. The second-order valence-electron chi connectivity index (χ2n) is 7.03. The molecule has 1 rings (SSSR count). The third kappa shape index (κ3) is 6.81. The Bertz CT molecular complexity index is 284. The molecule has 0 aliphatic carbocycles. The van der Waals surface area contributed by atoms with Gasteiger partial charge in [-0.1, -0.05) is 13.8 Å². The van der Waals surface area contributed by atoms with E-state index in [1.54, 1.807) is 0 Å². The summed E-state index contributed by atoms with van der Waals surface area (Å²) in [5, 5.41) is 6.38. The van der Waals surface area contributed by atoms with Crippen molar-refractivity contribution in [2.45, 2.75) is 53.1 Å². The zero-order valence-corrected chi connectivity index (χ0v) is 13.1. The summed E-state index contributed by atoms with van der Waals surface area (Å²) in [7, 11) is 0. The van der Waals surface area contributed by atoms with Crippen molar-refractivity contribution in [1.82, 2.24) is 10.6 Å². The average molecular weight is 270 g/mol. The highest BCUT2D eigenvalue weighted by atomic mass is 16.6. The highest BCUT2D eigenvalue weighted by Gasteiger charge is 2.26. The van der Waals surface area contributed by atoms with Crippen LogP contribution >= 0.6 is 0 Å². The number of alkyl carbamates (subject to hydrolysis) is 1. The molecule has 0 bridgehead atoms. The third-order valence-electron chi connectivity index (χ3n) is 3.45. The number of carbonyl (C=O) groups excluding carboxylic acids is 1. The van der Waals surface area contributed by atoms with Crippen LogP contribution in [0.4, 0.5) is 4.79 Å². The van der Waals surface area contributed by atoms with E-state index in [9.17, 15) is 4.79 Å². The van der Waals surface area contributed by atoms with Crippen molar-refractivity contribution in [3.05, 3.63) is 0 Å². The smallest absolute Gasteiger partial charge is 0.407 e. The van der Waals surface area contributed by atoms with Gasteiger partial charge >= 0.3 is 6.09 Å². The molecule has 112 valence electrons. The number of ether oxygens (including phenoxy) is 1. The zero-order chi connectivity index (χ0) is 14.5. The monoisotopic (exact) mass is 270 g/mol. The molecule has 4 nitrogen and oxygen atoms in total. The Balaban J connectivity index is 2.38. The Kier molecular flexibility index (Phi) is 6.11. The van der Waals surface area contributed by atoms with Crippen LogP contribution in [0.2, 0.25) is 0 Å². The van der Waals surface area contributed by atoms with Gasteiger partial charge in [-0.05, 0) is 64.5 Å². The van der Waals surface area contributed by atoms with Crippen LogP contribution in [0.15, 0.2) is 0 Å². The third-order valence-corrected chi connectivity index (χ3v) is 3.45. The van der Waals surface area contributed by atoms with Crippen molar-refractivity contribution < 1.29 is 9.53 Å². The predicted octanol–water partition coefficient (Wildman–Crippen LogP) is 2.78. The van der Waals surface area contributed by atoms with Gasteiger partial charge in [-0.2, -0.15) is 0 Å². The van der Waals surface area contributed by atoms with E-state index in [0.717, 1.165) is 26.1 Å². The Labute approximate surface area is 117 Å². The molecule has 0 spiro atoms. The fourth-order valence-corrected chi connectivity index (χ4v) is 2.66. The molecule has 2 atom stereocenters. The summed E-state index contributed by atoms with van der Waals surface area (Å²) in [6, 6.07) is 0. The van der Waals surface area contributed by atoms with E-state index in [2.05, 4.69) is 24.5 Å². The molecule has 0 aromatic carbocycles. The number of nitrogens with one attached hydrogen (secondary N) is 2. The standard InChI is InChI=1S/C15H30N2O2/c1-11(2)8-13-9-16-7-6-12(13)10-17-14(18)19-15(3,4)5/h11-13,16H,6-10H2,1-5H3,(H,17,18). The lowest BCUT2D eigenvalue weighted by Gasteiger charge is -2.33. The molecular formula is C15H30N2O2. The van der Waals surface area contributed by atoms with E-state index in [1.807, 2.05) is 20.8 Å². The van der Waals surface area contributed by atoms with Gasteiger partial charge in [0.1, 0.15) is 5.60 Å². The minimum atomic E-state index is -0.421.